The highest BCUT2D eigenvalue weighted by molar-refractivity contribution is 6.52. The van der Waals surface area contributed by atoms with Crippen LogP contribution in [0.4, 0.5) is 15.8 Å². The number of benzene rings is 3. The molecule has 5 rings (SSSR count). The molecular formula is C29H26FN3O6. The highest BCUT2D eigenvalue weighted by Crippen LogP contribution is 2.34. The van der Waals surface area contributed by atoms with Gasteiger partial charge in [-0.05, 0) is 47.9 Å². The van der Waals surface area contributed by atoms with E-state index in [9.17, 15) is 23.6 Å². The molecule has 0 radical (unpaired) electrons. The maximum absolute atomic E-state index is 13.8. The number of ether oxygens (including phenoxy) is 2. The molecule has 10 heteroatoms. The van der Waals surface area contributed by atoms with E-state index in [1.807, 2.05) is 0 Å². The van der Waals surface area contributed by atoms with Crippen LogP contribution >= 0.6 is 0 Å². The smallest absolute Gasteiger partial charge is 0.299 e. The lowest BCUT2D eigenvalue weighted by atomic mass is 10.00. The van der Waals surface area contributed by atoms with Crippen molar-refractivity contribution in [3.63, 3.8) is 0 Å². The third kappa shape index (κ3) is 5.18. The number of nitrogens with zero attached hydrogens (tertiary/aromatic N) is 2. The second-order valence-corrected chi connectivity index (χ2v) is 9.63. The zero-order valence-corrected chi connectivity index (χ0v) is 21.3. The molecule has 0 unspecified atom stereocenters. The van der Waals surface area contributed by atoms with E-state index in [2.05, 4.69) is 5.32 Å². The Morgan fingerprint density at radius 2 is 1.72 bits per heavy atom. The number of fused-ring (bicyclic) bond motifs is 2. The first-order chi connectivity index (χ1) is 18.7. The van der Waals surface area contributed by atoms with E-state index in [4.69, 9.17) is 9.47 Å². The largest absolute Gasteiger partial charge is 0.454 e. The Bertz CT molecular complexity index is 1460. The summed E-state index contributed by atoms with van der Waals surface area (Å²) < 4.78 is 24.3. The van der Waals surface area contributed by atoms with E-state index in [1.54, 1.807) is 50.2 Å². The number of anilines is 2. The van der Waals surface area contributed by atoms with Gasteiger partial charge in [0.05, 0.1) is 11.3 Å². The number of hydrogen-bond acceptors (Lipinski definition) is 6. The summed E-state index contributed by atoms with van der Waals surface area (Å²) in [5, 5.41) is 2.85. The van der Waals surface area contributed by atoms with E-state index in [1.165, 1.54) is 35.2 Å². The predicted octanol–water partition coefficient (Wildman–Crippen LogP) is 3.78. The lowest BCUT2D eigenvalue weighted by Gasteiger charge is -2.34. The fraction of sp³-hybridized carbons (Fsp3) is 0.241. The predicted molar refractivity (Wildman–Crippen MR) is 140 cm³/mol. The van der Waals surface area contributed by atoms with E-state index >= 15 is 0 Å². The second kappa shape index (κ2) is 10.6. The number of carbonyl (C=O) groups is 4. The minimum absolute atomic E-state index is 0.0197. The van der Waals surface area contributed by atoms with Crippen LogP contribution in [0.15, 0.2) is 66.7 Å². The van der Waals surface area contributed by atoms with Gasteiger partial charge in [-0.3, -0.25) is 24.1 Å². The number of halogens is 1. The van der Waals surface area contributed by atoms with Crippen molar-refractivity contribution < 1.29 is 33.0 Å². The number of hydrogen-bond donors (Lipinski definition) is 1. The standard InChI is InChI=1S/C29H26FN3O6/c1-17(2)26(28(36)31-20-11-12-23-24(13-20)39-16-38-23)33(14-18-7-9-19(30)10-8-18)25(34)15-32-22-6-4-3-5-21(22)27(35)29(32)37/h3-13,17,26H,14-16H2,1-2H3,(H,31,36)/t26-/m1/s1. The van der Waals surface area contributed by atoms with Gasteiger partial charge in [0.15, 0.2) is 11.5 Å². The molecule has 3 amide bonds. The van der Waals surface area contributed by atoms with Crippen LogP contribution in [0.3, 0.4) is 0 Å². The third-order valence-electron chi connectivity index (χ3n) is 6.63. The Morgan fingerprint density at radius 1 is 1.00 bits per heavy atom. The Hall–Kier alpha value is -4.73. The summed E-state index contributed by atoms with van der Waals surface area (Å²) in [4.78, 5) is 55.2. The van der Waals surface area contributed by atoms with Gasteiger partial charge in [0.2, 0.25) is 18.6 Å². The number of amides is 3. The van der Waals surface area contributed by atoms with Gasteiger partial charge in [-0.15, -0.1) is 0 Å². The van der Waals surface area contributed by atoms with Gasteiger partial charge in [0, 0.05) is 18.3 Å². The van der Waals surface area contributed by atoms with Crippen molar-refractivity contribution in [3.8, 4) is 11.5 Å². The van der Waals surface area contributed by atoms with Gasteiger partial charge < -0.3 is 19.7 Å². The summed E-state index contributed by atoms with van der Waals surface area (Å²) in [5.41, 5.74) is 1.61. The lowest BCUT2D eigenvalue weighted by Crippen LogP contribution is -2.53. The first-order valence-electron chi connectivity index (χ1n) is 12.4. The molecular weight excluding hydrogens is 505 g/mol. The molecule has 3 aromatic rings. The Labute approximate surface area is 224 Å². The van der Waals surface area contributed by atoms with E-state index in [-0.39, 0.29) is 24.8 Å². The minimum Gasteiger partial charge on any atom is -0.454 e. The van der Waals surface area contributed by atoms with Crippen LogP contribution in [0.25, 0.3) is 0 Å². The number of Topliss-reactive ketones (excluding diaryl/α,β-unsaturated/α-hetero) is 1. The quantitative estimate of drug-likeness (QED) is 0.444. The van der Waals surface area contributed by atoms with Crippen molar-refractivity contribution in [2.24, 2.45) is 5.92 Å². The van der Waals surface area contributed by atoms with Crippen molar-refractivity contribution >= 4 is 34.9 Å². The average Bonchev–Trinajstić information content (AvgIpc) is 3.47. The van der Waals surface area contributed by atoms with Crippen molar-refractivity contribution in [1.82, 2.24) is 4.90 Å². The van der Waals surface area contributed by atoms with Crippen LogP contribution in [-0.2, 0) is 20.9 Å². The maximum atomic E-state index is 13.8. The molecule has 0 fully saturated rings. The Kier molecular flexibility index (Phi) is 7.02. The van der Waals surface area contributed by atoms with Gasteiger partial charge in [-0.25, -0.2) is 4.39 Å². The van der Waals surface area contributed by atoms with Gasteiger partial charge in [0.25, 0.3) is 11.7 Å². The molecule has 0 bridgehead atoms. The summed E-state index contributed by atoms with van der Waals surface area (Å²) in [6.07, 6.45) is 0. The first kappa shape index (κ1) is 25.9. The van der Waals surface area contributed by atoms with Crippen molar-refractivity contribution in [1.29, 1.82) is 0 Å². The van der Waals surface area contributed by atoms with Gasteiger partial charge >= 0.3 is 0 Å². The van der Waals surface area contributed by atoms with Crippen LogP contribution in [0.1, 0.15) is 29.8 Å². The topological polar surface area (TPSA) is 105 Å². The molecule has 1 N–H and O–H groups in total. The van der Waals surface area contributed by atoms with Crippen LogP contribution in [0, 0.1) is 11.7 Å². The highest BCUT2D eigenvalue weighted by atomic mass is 19.1. The molecule has 2 aliphatic heterocycles. The molecule has 2 aliphatic rings. The summed E-state index contributed by atoms with van der Waals surface area (Å²) in [6, 6.07) is 16.1. The first-order valence-corrected chi connectivity index (χ1v) is 12.4. The molecule has 3 aromatic carbocycles. The molecule has 0 aromatic heterocycles. The monoisotopic (exact) mass is 531 g/mol. The van der Waals surface area contributed by atoms with Crippen LogP contribution in [0.2, 0.25) is 0 Å². The number of para-hydroxylation sites is 1. The summed E-state index contributed by atoms with van der Waals surface area (Å²) in [7, 11) is 0. The van der Waals surface area contributed by atoms with E-state index in [0.717, 1.165) is 4.90 Å². The summed E-state index contributed by atoms with van der Waals surface area (Å²) in [6.45, 7) is 3.23. The van der Waals surface area contributed by atoms with Crippen molar-refractivity contribution in [2.45, 2.75) is 26.4 Å². The number of nitrogens with one attached hydrogen (secondary N) is 1. The number of carbonyl (C=O) groups excluding carboxylic acids is 4. The molecule has 200 valence electrons. The maximum Gasteiger partial charge on any atom is 0.299 e. The van der Waals surface area contributed by atoms with Gasteiger partial charge in [0.1, 0.15) is 18.4 Å². The fourth-order valence-corrected chi connectivity index (χ4v) is 4.75. The summed E-state index contributed by atoms with van der Waals surface area (Å²) in [5.74, 6) is -2.22. The molecule has 0 saturated carbocycles. The fourth-order valence-electron chi connectivity index (χ4n) is 4.75. The molecule has 2 heterocycles. The van der Waals surface area contributed by atoms with E-state index < -0.39 is 41.9 Å². The zero-order chi connectivity index (χ0) is 27.7. The second-order valence-electron chi connectivity index (χ2n) is 9.63. The molecule has 0 spiro atoms. The van der Waals surface area contributed by atoms with Crippen LogP contribution in [-0.4, -0.2) is 47.8 Å². The molecule has 1 atom stereocenters. The van der Waals surface area contributed by atoms with Crippen LogP contribution in [0.5, 0.6) is 11.5 Å². The average molecular weight is 532 g/mol. The summed E-state index contributed by atoms with van der Waals surface area (Å²) >= 11 is 0. The molecule has 9 nitrogen and oxygen atoms in total. The van der Waals surface area contributed by atoms with Gasteiger partial charge in [-0.2, -0.15) is 0 Å². The normalized spacial score (nSPS) is 14.4. The Morgan fingerprint density at radius 3 is 2.46 bits per heavy atom. The zero-order valence-electron chi connectivity index (χ0n) is 21.3. The van der Waals surface area contributed by atoms with Gasteiger partial charge in [-0.1, -0.05) is 38.1 Å². The molecule has 0 saturated heterocycles. The third-order valence-corrected chi connectivity index (χ3v) is 6.63. The lowest BCUT2D eigenvalue weighted by molar-refractivity contribution is -0.140. The Balaban J connectivity index is 1.44. The van der Waals surface area contributed by atoms with Crippen molar-refractivity contribution in [3.05, 3.63) is 83.7 Å². The minimum atomic E-state index is -0.961. The number of rotatable bonds is 8. The van der Waals surface area contributed by atoms with Crippen LogP contribution < -0.4 is 19.7 Å². The SMILES string of the molecule is CC(C)[C@H](C(=O)Nc1ccc2c(c1)OCO2)N(Cc1ccc(F)cc1)C(=O)CN1C(=O)C(=O)c2ccccc21. The highest BCUT2D eigenvalue weighted by Gasteiger charge is 2.39. The van der Waals surface area contributed by atoms with Crippen molar-refractivity contribution in [2.75, 3.05) is 23.6 Å². The number of ketones is 1. The molecule has 39 heavy (non-hydrogen) atoms. The molecule has 0 aliphatic carbocycles. The van der Waals surface area contributed by atoms with E-state index in [0.29, 0.717) is 28.4 Å².